The van der Waals surface area contributed by atoms with Gasteiger partial charge in [-0.3, -0.25) is 9.69 Å². The van der Waals surface area contributed by atoms with Crippen LogP contribution in [0, 0.1) is 11.3 Å². The fourth-order valence-electron chi connectivity index (χ4n) is 4.01. The highest BCUT2D eigenvalue weighted by atomic mass is 35.5. The van der Waals surface area contributed by atoms with Crippen LogP contribution >= 0.6 is 23.2 Å². The number of hydrogen-bond acceptors (Lipinski definition) is 6. The van der Waals surface area contributed by atoms with Crippen LogP contribution in [0.1, 0.15) is 6.99 Å². The van der Waals surface area contributed by atoms with E-state index in [4.69, 9.17) is 28.5 Å². The number of nitrogens with one attached hydrogen (secondary N) is 1. The molecule has 2 aromatic carbocycles. The van der Waals surface area contributed by atoms with E-state index in [2.05, 4.69) is 27.3 Å². The van der Waals surface area contributed by atoms with E-state index in [1.54, 1.807) is 24.4 Å². The third-order valence-electron chi connectivity index (χ3n) is 5.99. The third-order valence-corrected chi connectivity index (χ3v) is 6.54. The number of nitriles is 1. The molecule has 0 unspecified atom stereocenters. The number of amides is 1. The summed E-state index contributed by atoms with van der Waals surface area (Å²) < 4.78 is 0. The second-order valence-corrected chi connectivity index (χ2v) is 9.34. The number of halogens is 2. The number of rotatable bonds is 7. The van der Waals surface area contributed by atoms with Crippen molar-refractivity contribution < 1.29 is 6.22 Å². The van der Waals surface area contributed by atoms with E-state index in [0.29, 0.717) is 41.8 Å². The summed E-state index contributed by atoms with van der Waals surface area (Å²) in [6.07, 6.45) is 1.55. The summed E-state index contributed by atoms with van der Waals surface area (Å²) in [5.74, 6) is 0.778. The van der Waals surface area contributed by atoms with E-state index < -0.39 is 0 Å². The summed E-state index contributed by atoms with van der Waals surface area (Å²) >= 11 is 12.7. The molecule has 4 rings (SSSR count). The molecule has 0 atom stereocenters. The van der Waals surface area contributed by atoms with Crippen LogP contribution in [0.15, 0.2) is 54.7 Å². The van der Waals surface area contributed by atoms with Crippen molar-refractivity contribution in [2.75, 3.05) is 61.9 Å². The summed E-state index contributed by atoms with van der Waals surface area (Å²) in [5, 5.41) is 13.3. The Kier molecular flexibility index (Phi) is 7.76. The molecule has 0 aliphatic carbocycles. The molecule has 35 heavy (non-hydrogen) atoms. The van der Waals surface area contributed by atoms with Crippen molar-refractivity contribution in [2.45, 2.75) is 0 Å². The van der Waals surface area contributed by atoms with Crippen molar-refractivity contribution >= 4 is 46.3 Å². The lowest BCUT2D eigenvalue weighted by atomic mass is 10.0. The van der Waals surface area contributed by atoms with Gasteiger partial charge in [0.15, 0.2) is 0 Å². The molecule has 0 bridgehead atoms. The summed E-state index contributed by atoms with van der Waals surface area (Å²) in [4.78, 5) is 23.1. The average molecular weight is 511 g/mol. The van der Waals surface area contributed by atoms with Gasteiger partial charge < -0.3 is 15.1 Å². The number of benzene rings is 2. The first-order valence-electron chi connectivity index (χ1n) is 11.3. The smallest absolute Gasteiger partial charge is 0.241 e. The van der Waals surface area contributed by atoms with Crippen LogP contribution in [-0.2, 0) is 4.79 Å². The molecule has 1 N–H and O–H groups in total. The van der Waals surface area contributed by atoms with Crippen molar-refractivity contribution in [1.29, 1.82) is 5.26 Å². The van der Waals surface area contributed by atoms with Crippen molar-refractivity contribution in [1.82, 2.24) is 9.88 Å². The minimum atomic E-state index is 0. The van der Waals surface area contributed by atoms with E-state index in [1.165, 1.54) is 0 Å². The summed E-state index contributed by atoms with van der Waals surface area (Å²) in [5.41, 5.74) is 4.07. The fourth-order valence-corrected chi connectivity index (χ4v) is 4.52. The van der Waals surface area contributed by atoms with E-state index in [0.717, 1.165) is 34.9 Å². The number of likely N-dealkylation sites (N-methyl/N-ethyl adjacent to an activating group) is 2. The Labute approximate surface area is 217 Å². The van der Waals surface area contributed by atoms with Gasteiger partial charge in [-0.15, -0.1) is 0 Å². The van der Waals surface area contributed by atoms with Crippen LogP contribution in [0.4, 0.5) is 17.2 Å². The predicted octanol–water partition coefficient (Wildman–Crippen LogP) is 5.00. The molecular formula is C26H28Cl2N6O. The Morgan fingerprint density at radius 2 is 1.97 bits per heavy atom. The fraction of sp³-hybridized carbons (Fsp3) is 0.269. The quantitative estimate of drug-likeness (QED) is 0.481. The van der Waals surface area contributed by atoms with Crippen molar-refractivity contribution in [3.8, 4) is 17.2 Å². The first-order chi connectivity index (χ1) is 16.9. The molecule has 1 aliphatic heterocycles. The number of anilines is 3. The summed E-state index contributed by atoms with van der Waals surface area (Å²) in [7, 11) is 3.96. The van der Waals surface area contributed by atoms with Gasteiger partial charge in [0.1, 0.15) is 11.9 Å². The van der Waals surface area contributed by atoms with Gasteiger partial charge in [-0.2, -0.15) is 5.26 Å². The maximum atomic E-state index is 12.9. The normalized spacial score (nSPS) is 14.0. The van der Waals surface area contributed by atoms with Crippen LogP contribution in [0.5, 0.6) is 0 Å². The topological polar surface area (TPSA) is 75.5 Å². The number of aromatic nitrogens is 1. The second-order valence-electron chi connectivity index (χ2n) is 8.50. The van der Waals surface area contributed by atoms with Crippen molar-refractivity contribution in [2.24, 2.45) is 0 Å². The monoisotopic (exact) mass is 510 g/mol. The molecule has 3 aromatic rings. The molecule has 1 saturated heterocycles. The highest BCUT2D eigenvalue weighted by molar-refractivity contribution is 6.36. The van der Waals surface area contributed by atoms with Crippen molar-refractivity contribution in [3.63, 3.8) is 0 Å². The Balaban J connectivity index is 0.00000361. The molecule has 1 aromatic heterocycles. The van der Waals surface area contributed by atoms with Gasteiger partial charge in [-0.25, -0.2) is 4.98 Å². The summed E-state index contributed by atoms with van der Waals surface area (Å²) in [6.45, 7) is 3.17. The minimum Gasteiger partial charge on any atom is -0.373 e. The van der Waals surface area contributed by atoms with Crippen LogP contribution in [-0.4, -0.2) is 62.6 Å². The third kappa shape index (κ3) is 5.85. The van der Waals surface area contributed by atoms with Crippen LogP contribution in [0.25, 0.3) is 11.1 Å². The largest absolute Gasteiger partial charge is 0.373 e. The van der Waals surface area contributed by atoms with Crippen LogP contribution in [0.3, 0.4) is 0 Å². The molecule has 1 amide bonds. The van der Waals surface area contributed by atoms with E-state index in [-0.39, 0.29) is 7.33 Å². The summed E-state index contributed by atoms with van der Waals surface area (Å²) in [6, 6.07) is 17.1. The zero-order chi connectivity index (χ0) is 24.9. The Morgan fingerprint density at radius 1 is 1.14 bits per heavy atom. The van der Waals surface area contributed by atoms with E-state index in [9.17, 15) is 4.79 Å². The molecule has 1 fully saturated rings. The first-order valence-corrected chi connectivity index (χ1v) is 12.0. The van der Waals surface area contributed by atoms with Crippen LogP contribution in [0.2, 0.25) is 10.0 Å². The first kappa shape index (κ1) is 24.8. The predicted molar refractivity (Wildman–Crippen MR) is 145 cm³/mol. The number of hydrogen-bond donors (Lipinski definition) is 1. The average Bonchev–Trinajstić information content (AvgIpc) is 2.84. The van der Waals surface area contributed by atoms with Gasteiger partial charge in [0.25, 0.3) is 0 Å². The molecule has 2 heterocycles. The van der Waals surface area contributed by atoms with Crippen molar-refractivity contribution in [3.05, 3.63) is 70.3 Å². The standard InChI is InChI=1S/C26H26Cl2N6O.H2/c1-32-11-12-34(26(35)17-32)24-7-5-20(14-22(24)21-6-4-19(27)13-23(21)28)33(2)10-9-30-25-8-3-18(15-29)16-31-25;/h3-8,13-14,16H,9-12,17H2,1-2H3,(H,30,31);1H. The lowest BCUT2D eigenvalue weighted by molar-refractivity contribution is -0.120. The lowest BCUT2D eigenvalue weighted by Gasteiger charge is -2.34. The Morgan fingerprint density at radius 3 is 2.66 bits per heavy atom. The Bertz CT molecular complexity index is 1260. The maximum Gasteiger partial charge on any atom is 0.241 e. The molecule has 182 valence electrons. The molecule has 0 saturated carbocycles. The van der Waals surface area contributed by atoms with Gasteiger partial charge >= 0.3 is 0 Å². The Hall–Kier alpha value is -3.31. The number of carbonyl (C=O) groups excluding carboxylic acids is 1. The molecule has 0 radical (unpaired) electrons. The number of piperazine rings is 1. The van der Waals surface area contributed by atoms with Gasteiger partial charge in [0, 0.05) is 67.7 Å². The number of pyridine rings is 1. The lowest BCUT2D eigenvalue weighted by Crippen LogP contribution is -2.49. The maximum absolute atomic E-state index is 12.9. The van der Waals surface area contributed by atoms with Crippen LogP contribution < -0.4 is 15.1 Å². The molecular weight excluding hydrogens is 483 g/mol. The van der Waals surface area contributed by atoms with Gasteiger partial charge in [-0.05, 0) is 49.5 Å². The molecule has 1 aliphatic rings. The van der Waals surface area contributed by atoms with Gasteiger partial charge in [0.05, 0.1) is 17.8 Å². The van der Waals surface area contributed by atoms with Gasteiger partial charge in [-0.1, -0.05) is 29.3 Å². The van der Waals surface area contributed by atoms with E-state index >= 15 is 0 Å². The minimum absolute atomic E-state index is 0. The molecule has 7 nitrogen and oxygen atoms in total. The zero-order valence-corrected chi connectivity index (χ0v) is 21.1. The zero-order valence-electron chi connectivity index (χ0n) is 19.6. The highest BCUT2D eigenvalue weighted by Gasteiger charge is 2.26. The molecule has 9 heteroatoms. The molecule has 0 spiro atoms. The van der Waals surface area contributed by atoms with E-state index in [1.807, 2.05) is 48.2 Å². The number of nitrogens with zero attached hydrogens (tertiary/aromatic N) is 5. The highest BCUT2D eigenvalue weighted by Crippen LogP contribution is 2.39. The van der Waals surface area contributed by atoms with Gasteiger partial charge in [0.2, 0.25) is 5.91 Å². The number of carbonyl (C=O) groups is 1. The SMILES string of the molecule is CN1CCN(c2ccc(N(C)CCNc3ccc(C#N)cn3)cc2-c2ccc(Cl)cc2Cl)C(=O)C1.[HH]. The second kappa shape index (κ2) is 11.0.